The van der Waals surface area contributed by atoms with Crippen LogP contribution in [0.2, 0.25) is 5.02 Å². The average molecular weight is 450 g/mol. The summed E-state index contributed by atoms with van der Waals surface area (Å²) in [5, 5.41) is 15.6. The molecule has 4 rings (SSSR count). The van der Waals surface area contributed by atoms with Gasteiger partial charge in [0.25, 0.3) is 5.56 Å². The zero-order chi connectivity index (χ0) is 22.8. The van der Waals surface area contributed by atoms with E-state index in [2.05, 4.69) is 15.1 Å². The molecule has 162 valence electrons. The van der Waals surface area contributed by atoms with Crippen LogP contribution in [0.15, 0.2) is 69.2 Å². The Bertz CT molecular complexity index is 1430. The van der Waals surface area contributed by atoms with Crippen LogP contribution in [0.3, 0.4) is 0 Å². The normalized spacial score (nSPS) is 11.3. The van der Waals surface area contributed by atoms with Crippen molar-refractivity contribution in [3.05, 3.63) is 103 Å². The SMILES string of the molecule is Cc1nn(Cc2ccccc2)c(C)c1N=Cc1c(O)n(-c2cccc(Cl)c2)c(=O)[nH]c1=O. The van der Waals surface area contributed by atoms with Crippen molar-refractivity contribution < 1.29 is 5.11 Å². The maximum absolute atomic E-state index is 12.4. The van der Waals surface area contributed by atoms with E-state index in [0.717, 1.165) is 15.8 Å². The Kier molecular flexibility index (Phi) is 5.79. The smallest absolute Gasteiger partial charge is 0.335 e. The average Bonchev–Trinajstić information content (AvgIpc) is 3.01. The van der Waals surface area contributed by atoms with E-state index in [1.54, 1.807) is 18.2 Å². The summed E-state index contributed by atoms with van der Waals surface area (Å²) in [6.45, 7) is 4.28. The van der Waals surface area contributed by atoms with Crippen molar-refractivity contribution in [2.24, 2.45) is 4.99 Å². The summed E-state index contributed by atoms with van der Waals surface area (Å²) < 4.78 is 2.79. The van der Waals surface area contributed by atoms with Crippen LogP contribution in [0.4, 0.5) is 5.69 Å². The first-order valence-corrected chi connectivity index (χ1v) is 10.2. The molecule has 2 aromatic heterocycles. The molecule has 0 saturated heterocycles. The topological polar surface area (TPSA) is 105 Å². The fourth-order valence-electron chi connectivity index (χ4n) is 3.42. The van der Waals surface area contributed by atoms with E-state index in [9.17, 15) is 14.7 Å². The van der Waals surface area contributed by atoms with Crippen molar-refractivity contribution in [1.29, 1.82) is 0 Å². The first kappa shape index (κ1) is 21.3. The molecule has 2 aromatic carbocycles. The second-order valence-corrected chi connectivity index (χ2v) is 7.67. The standard InChI is InChI=1S/C23H20ClN5O3/c1-14-20(15(2)28(27-14)13-16-7-4-3-5-8-16)25-12-19-21(30)26-23(32)29(22(19)31)18-10-6-9-17(24)11-18/h3-12,31H,13H2,1-2H3,(H,26,30,32). The Hall–Kier alpha value is -3.91. The number of hydrogen-bond acceptors (Lipinski definition) is 5. The fourth-order valence-corrected chi connectivity index (χ4v) is 3.61. The molecule has 32 heavy (non-hydrogen) atoms. The van der Waals surface area contributed by atoms with Crippen molar-refractivity contribution in [3.63, 3.8) is 0 Å². The van der Waals surface area contributed by atoms with Crippen LogP contribution in [-0.2, 0) is 6.54 Å². The summed E-state index contributed by atoms with van der Waals surface area (Å²) >= 11 is 6.00. The number of rotatable bonds is 5. The highest BCUT2D eigenvalue weighted by Crippen LogP contribution is 2.24. The molecule has 2 N–H and O–H groups in total. The number of aryl methyl sites for hydroxylation is 1. The Morgan fingerprint density at radius 1 is 1.12 bits per heavy atom. The molecule has 0 aliphatic heterocycles. The largest absolute Gasteiger partial charge is 0.493 e. The number of aliphatic imine (C=N–C) groups is 1. The minimum Gasteiger partial charge on any atom is -0.493 e. The third-order valence-electron chi connectivity index (χ3n) is 5.03. The highest BCUT2D eigenvalue weighted by molar-refractivity contribution is 6.30. The van der Waals surface area contributed by atoms with Crippen LogP contribution in [0.1, 0.15) is 22.5 Å². The van der Waals surface area contributed by atoms with E-state index < -0.39 is 17.1 Å². The van der Waals surface area contributed by atoms with Gasteiger partial charge in [-0.15, -0.1) is 0 Å². The number of benzene rings is 2. The first-order chi connectivity index (χ1) is 15.3. The number of aromatic hydroxyl groups is 1. The maximum Gasteiger partial charge on any atom is 0.335 e. The van der Waals surface area contributed by atoms with Gasteiger partial charge in [-0.3, -0.25) is 19.5 Å². The zero-order valence-electron chi connectivity index (χ0n) is 17.4. The van der Waals surface area contributed by atoms with Gasteiger partial charge in [-0.1, -0.05) is 48.0 Å². The molecule has 0 radical (unpaired) electrons. The number of H-pyrrole nitrogens is 1. The van der Waals surface area contributed by atoms with Gasteiger partial charge in [0, 0.05) is 11.2 Å². The number of hydrogen-bond donors (Lipinski definition) is 2. The van der Waals surface area contributed by atoms with Crippen LogP contribution >= 0.6 is 11.6 Å². The van der Waals surface area contributed by atoms with E-state index in [4.69, 9.17) is 11.6 Å². The molecule has 0 spiro atoms. The number of nitrogens with zero attached hydrogens (tertiary/aromatic N) is 4. The highest BCUT2D eigenvalue weighted by atomic mass is 35.5. The monoisotopic (exact) mass is 449 g/mol. The van der Waals surface area contributed by atoms with Gasteiger partial charge in [-0.25, -0.2) is 9.36 Å². The summed E-state index contributed by atoms with van der Waals surface area (Å²) in [6.07, 6.45) is 1.23. The summed E-state index contributed by atoms with van der Waals surface area (Å²) in [5.41, 5.74) is 1.79. The molecule has 0 atom stereocenters. The van der Waals surface area contributed by atoms with Gasteiger partial charge in [0.15, 0.2) is 0 Å². The number of nitrogens with one attached hydrogen (secondary N) is 1. The van der Waals surface area contributed by atoms with E-state index in [0.29, 0.717) is 28.6 Å². The number of aromatic amines is 1. The Balaban J connectivity index is 1.74. The van der Waals surface area contributed by atoms with E-state index in [1.807, 2.05) is 48.9 Å². The Labute approximate surface area is 188 Å². The minimum absolute atomic E-state index is 0.154. The van der Waals surface area contributed by atoms with Crippen molar-refractivity contribution in [2.75, 3.05) is 0 Å². The molecule has 0 saturated carbocycles. The molecule has 8 nitrogen and oxygen atoms in total. The highest BCUT2D eigenvalue weighted by Gasteiger charge is 2.16. The molecule has 2 heterocycles. The lowest BCUT2D eigenvalue weighted by atomic mass is 10.2. The molecule has 9 heteroatoms. The van der Waals surface area contributed by atoms with Crippen LogP contribution in [-0.4, -0.2) is 30.7 Å². The van der Waals surface area contributed by atoms with E-state index >= 15 is 0 Å². The molecule has 0 fully saturated rings. The van der Waals surface area contributed by atoms with Crippen LogP contribution < -0.4 is 11.2 Å². The van der Waals surface area contributed by atoms with Gasteiger partial charge in [0.05, 0.1) is 23.6 Å². The van der Waals surface area contributed by atoms with Gasteiger partial charge < -0.3 is 5.11 Å². The third-order valence-corrected chi connectivity index (χ3v) is 5.26. The lowest BCUT2D eigenvalue weighted by molar-refractivity contribution is 0.430. The minimum atomic E-state index is -0.782. The predicted octanol–water partition coefficient (Wildman–Crippen LogP) is 3.50. The predicted molar refractivity (Wildman–Crippen MR) is 124 cm³/mol. The van der Waals surface area contributed by atoms with Crippen molar-refractivity contribution in [2.45, 2.75) is 20.4 Å². The van der Waals surface area contributed by atoms with Crippen LogP contribution in [0.5, 0.6) is 5.88 Å². The second kappa shape index (κ2) is 8.68. The summed E-state index contributed by atoms with van der Waals surface area (Å²) in [4.78, 5) is 31.3. The molecule has 4 aromatic rings. The Morgan fingerprint density at radius 3 is 2.59 bits per heavy atom. The van der Waals surface area contributed by atoms with E-state index in [1.165, 1.54) is 12.3 Å². The van der Waals surface area contributed by atoms with Crippen molar-refractivity contribution >= 4 is 23.5 Å². The molecule has 0 bridgehead atoms. The zero-order valence-corrected chi connectivity index (χ0v) is 18.2. The third kappa shape index (κ3) is 4.13. The van der Waals surface area contributed by atoms with Crippen LogP contribution in [0.25, 0.3) is 5.69 Å². The van der Waals surface area contributed by atoms with Crippen molar-refractivity contribution in [3.8, 4) is 11.6 Å². The summed E-state index contributed by atoms with van der Waals surface area (Å²) in [6, 6.07) is 16.3. The lowest BCUT2D eigenvalue weighted by Crippen LogP contribution is -2.31. The molecule has 0 unspecified atom stereocenters. The Morgan fingerprint density at radius 2 is 1.88 bits per heavy atom. The molecule has 0 aliphatic rings. The number of aromatic nitrogens is 4. The molecule has 0 aliphatic carbocycles. The molecule has 0 amide bonds. The molecular weight excluding hydrogens is 430 g/mol. The lowest BCUT2D eigenvalue weighted by Gasteiger charge is -2.09. The summed E-state index contributed by atoms with van der Waals surface area (Å²) in [7, 11) is 0. The summed E-state index contributed by atoms with van der Waals surface area (Å²) in [5.74, 6) is -0.531. The van der Waals surface area contributed by atoms with Gasteiger partial charge in [-0.05, 0) is 37.6 Å². The maximum atomic E-state index is 12.4. The van der Waals surface area contributed by atoms with E-state index in [-0.39, 0.29) is 5.56 Å². The quantitative estimate of drug-likeness (QED) is 0.455. The number of halogens is 1. The van der Waals surface area contributed by atoms with Gasteiger partial charge in [-0.2, -0.15) is 5.10 Å². The molecular formula is C23H20ClN5O3. The van der Waals surface area contributed by atoms with Gasteiger partial charge >= 0.3 is 5.69 Å². The second-order valence-electron chi connectivity index (χ2n) is 7.23. The van der Waals surface area contributed by atoms with Crippen molar-refractivity contribution in [1.82, 2.24) is 19.3 Å². The fraction of sp³-hybridized carbons (Fsp3) is 0.130. The van der Waals surface area contributed by atoms with Crippen LogP contribution in [0, 0.1) is 13.8 Å². The van der Waals surface area contributed by atoms with Gasteiger partial charge in [0.2, 0.25) is 5.88 Å². The first-order valence-electron chi connectivity index (χ1n) is 9.81. The van der Waals surface area contributed by atoms with Gasteiger partial charge in [0.1, 0.15) is 11.3 Å².